The van der Waals surface area contributed by atoms with Crippen LogP contribution in [0.5, 0.6) is 23.0 Å². The Morgan fingerprint density at radius 2 is 1.46 bits per heavy atom. The summed E-state index contributed by atoms with van der Waals surface area (Å²) in [6, 6.07) is 14.9. The Bertz CT molecular complexity index is 1570. The summed E-state index contributed by atoms with van der Waals surface area (Å²) in [6.45, 7) is 0.873. The topological polar surface area (TPSA) is 120 Å². The van der Waals surface area contributed by atoms with E-state index in [1.165, 1.54) is 0 Å². The smallest absolute Gasteiger partial charge is 0.545 e. The molecule has 9 nitrogen and oxygen atoms in total. The van der Waals surface area contributed by atoms with Gasteiger partial charge in [-0.3, -0.25) is 4.79 Å². The average molecular weight is 524 g/mol. The van der Waals surface area contributed by atoms with E-state index >= 15 is 0 Å². The minimum atomic E-state index is -1.47. The molecule has 0 aliphatic carbocycles. The number of carbonyl (C=O) groups is 2. The second-order valence-corrected chi connectivity index (χ2v) is 8.69. The maximum Gasteiger partial charge on any atom is 1.00 e. The monoisotopic (exact) mass is 524 g/mol. The molecule has 6 rings (SSSR count). The summed E-state index contributed by atoms with van der Waals surface area (Å²) in [4.78, 5) is 26.4. The third-order valence-electron chi connectivity index (χ3n) is 5.94. The Hall–Kier alpha value is -3.44. The zero-order chi connectivity index (χ0) is 24.6. The summed E-state index contributed by atoms with van der Waals surface area (Å²) in [7, 11) is 0. The van der Waals surface area contributed by atoms with E-state index in [2.05, 4.69) is 8.75 Å². The molecule has 2 aliphatic heterocycles. The van der Waals surface area contributed by atoms with Gasteiger partial charge < -0.3 is 28.8 Å². The van der Waals surface area contributed by atoms with Crippen molar-refractivity contribution in [1.82, 2.24) is 8.75 Å². The number of rotatable bonds is 6. The molecule has 0 atom stereocenters. The van der Waals surface area contributed by atoms with Crippen LogP contribution < -0.4 is 53.6 Å². The number of carboxylic acids is 1. The van der Waals surface area contributed by atoms with Crippen LogP contribution in [-0.2, 0) is 11.2 Å². The third kappa shape index (κ3) is 4.93. The molecule has 37 heavy (non-hydrogen) atoms. The Morgan fingerprint density at radius 3 is 2.30 bits per heavy atom. The van der Waals surface area contributed by atoms with Gasteiger partial charge in [-0.05, 0) is 53.6 Å². The second-order valence-electron chi connectivity index (χ2n) is 8.16. The fourth-order valence-electron chi connectivity index (χ4n) is 4.25. The summed E-state index contributed by atoms with van der Waals surface area (Å²) in [6.07, 6.45) is 0.0145. The summed E-state index contributed by atoms with van der Waals surface area (Å²) >= 11 is 1.02. The molecule has 3 aromatic carbocycles. The van der Waals surface area contributed by atoms with Gasteiger partial charge in [0.25, 0.3) is 0 Å². The average Bonchev–Trinajstić information content (AvgIpc) is 3.56. The van der Waals surface area contributed by atoms with Gasteiger partial charge in [-0.2, -0.15) is 8.75 Å². The van der Waals surface area contributed by atoms with Crippen LogP contribution in [0, 0.1) is 0 Å². The van der Waals surface area contributed by atoms with E-state index in [1.807, 2.05) is 0 Å². The van der Waals surface area contributed by atoms with E-state index in [-0.39, 0.29) is 59.5 Å². The molecule has 180 valence electrons. The Morgan fingerprint density at radius 1 is 0.784 bits per heavy atom. The molecule has 0 bridgehead atoms. The van der Waals surface area contributed by atoms with Crippen molar-refractivity contribution in [1.29, 1.82) is 0 Å². The van der Waals surface area contributed by atoms with Gasteiger partial charge in [0, 0.05) is 23.1 Å². The van der Waals surface area contributed by atoms with Gasteiger partial charge in [-0.15, -0.1) is 0 Å². The summed E-state index contributed by atoms with van der Waals surface area (Å²) in [5.74, 6) is 0.132. The van der Waals surface area contributed by atoms with Gasteiger partial charge in [0.2, 0.25) is 6.79 Å². The first kappa shape index (κ1) is 25.2. The summed E-state index contributed by atoms with van der Waals surface area (Å²) in [5, 5.41) is 12.5. The number of Topliss-reactive ketones (excluding diaryl/α,β-unsaturated/α-hetero) is 1. The van der Waals surface area contributed by atoms with Crippen LogP contribution in [0.25, 0.3) is 16.6 Å². The van der Waals surface area contributed by atoms with Gasteiger partial charge in [-0.1, -0.05) is 12.1 Å². The second kappa shape index (κ2) is 10.5. The van der Waals surface area contributed by atoms with E-state index < -0.39 is 11.8 Å². The number of aromatic nitrogens is 2. The molecule has 1 aromatic heterocycles. The standard InChI is InChI=1S/C26H18N2O7S.Na/c29-25(16-3-6-20-23(12-16)33-8-7-32-20)17(9-14-1-5-21-22(10-14)35-13-34-21)24(26(30)31)15-2-4-18-19(11-15)28-36-27-18;/h1-6,10-12H,7-9,13H2,(H,30,31);/q;+1/p-1. The van der Waals surface area contributed by atoms with E-state index in [4.69, 9.17) is 18.9 Å². The van der Waals surface area contributed by atoms with E-state index in [1.54, 1.807) is 54.6 Å². The fraction of sp³-hybridized carbons (Fsp3) is 0.154. The van der Waals surface area contributed by atoms with E-state index in [0.717, 1.165) is 11.7 Å². The number of hydrogen-bond donors (Lipinski definition) is 0. The molecule has 0 saturated heterocycles. The normalized spacial score (nSPS) is 14.1. The molecule has 0 amide bonds. The SMILES string of the molecule is O=C([O-])C(=C(Cc1ccc2c(c1)OCO2)C(=O)c1ccc2c(c1)OCCO2)c1ccc2nsnc2c1.[Na+]. The first-order valence-electron chi connectivity index (χ1n) is 11.1. The van der Waals surface area contributed by atoms with Crippen molar-refractivity contribution in [2.45, 2.75) is 6.42 Å². The molecular formula is C26H17N2NaO7S. The number of ketones is 1. The number of allylic oxidation sites excluding steroid dienone is 1. The number of aliphatic carboxylic acids is 1. The van der Waals surface area contributed by atoms with Gasteiger partial charge >= 0.3 is 29.6 Å². The first-order valence-corrected chi connectivity index (χ1v) is 11.8. The van der Waals surface area contributed by atoms with Gasteiger partial charge in [0.05, 0.1) is 17.7 Å². The molecule has 0 unspecified atom stereocenters. The largest absolute Gasteiger partial charge is 1.00 e. The van der Waals surface area contributed by atoms with Crippen molar-refractivity contribution >= 4 is 40.1 Å². The molecule has 3 heterocycles. The van der Waals surface area contributed by atoms with Gasteiger partial charge in [-0.25, -0.2) is 0 Å². The van der Waals surface area contributed by atoms with Crippen LogP contribution in [0.1, 0.15) is 21.5 Å². The molecule has 0 N–H and O–H groups in total. The van der Waals surface area contributed by atoms with Crippen LogP contribution in [0.3, 0.4) is 0 Å². The van der Waals surface area contributed by atoms with Gasteiger partial charge in [0.15, 0.2) is 28.8 Å². The number of carbonyl (C=O) groups excluding carboxylic acids is 2. The number of fused-ring (bicyclic) bond motifs is 3. The maximum atomic E-state index is 13.9. The van der Waals surface area contributed by atoms with Crippen LogP contribution in [0.2, 0.25) is 0 Å². The quantitative estimate of drug-likeness (QED) is 0.192. The van der Waals surface area contributed by atoms with Crippen LogP contribution in [0.4, 0.5) is 0 Å². The third-order valence-corrected chi connectivity index (χ3v) is 6.50. The van der Waals surface area contributed by atoms with E-state index in [9.17, 15) is 14.7 Å². The molecule has 11 heteroatoms. The molecule has 0 radical (unpaired) electrons. The maximum absolute atomic E-state index is 13.9. The van der Waals surface area contributed by atoms with Crippen molar-refractivity contribution < 1.29 is 63.2 Å². The Kier molecular flexibility index (Phi) is 7.16. The molecule has 4 aromatic rings. The predicted molar refractivity (Wildman–Crippen MR) is 127 cm³/mol. The minimum absolute atomic E-state index is 0. The van der Waals surface area contributed by atoms with Crippen molar-refractivity contribution in [3.63, 3.8) is 0 Å². The Labute approximate surface area is 237 Å². The number of hydrogen-bond acceptors (Lipinski definition) is 10. The molecule has 0 saturated carbocycles. The zero-order valence-corrected chi connectivity index (χ0v) is 22.5. The molecule has 0 fully saturated rings. The first-order chi connectivity index (χ1) is 17.6. The molecule has 2 aliphatic rings. The summed E-state index contributed by atoms with van der Waals surface area (Å²) in [5.41, 5.74) is 2.25. The number of ether oxygens (including phenoxy) is 4. The minimum Gasteiger partial charge on any atom is -0.545 e. The van der Waals surface area contributed by atoms with Crippen molar-refractivity contribution in [3.05, 3.63) is 76.9 Å². The zero-order valence-electron chi connectivity index (χ0n) is 19.7. The molecular weight excluding hydrogens is 507 g/mol. The van der Waals surface area contributed by atoms with Gasteiger partial charge in [0.1, 0.15) is 24.2 Å². The Balaban J connectivity index is 0.00000280. The summed E-state index contributed by atoms with van der Waals surface area (Å²) < 4.78 is 30.4. The fourth-order valence-corrected chi connectivity index (χ4v) is 4.77. The van der Waals surface area contributed by atoms with Crippen molar-refractivity contribution in [2.24, 2.45) is 0 Å². The molecule has 0 spiro atoms. The predicted octanol–water partition coefficient (Wildman–Crippen LogP) is -0.176. The van der Waals surface area contributed by atoms with Crippen LogP contribution in [-0.4, -0.2) is 40.5 Å². The van der Waals surface area contributed by atoms with Crippen LogP contribution in [0.15, 0.2) is 60.2 Å². The van der Waals surface area contributed by atoms with Crippen molar-refractivity contribution in [3.8, 4) is 23.0 Å². The number of nitrogens with zero attached hydrogens (tertiary/aromatic N) is 2. The number of carboxylic acid groups (broad SMARTS) is 1. The number of benzene rings is 3. The van der Waals surface area contributed by atoms with Crippen molar-refractivity contribution in [2.75, 3.05) is 20.0 Å². The van der Waals surface area contributed by atoms with E-state index in [0.29, 0.717) is 58.4 Å². The van der Waals surface area contributed by atoms with Crippen LogP contribution >= 0.6 is 11.7 Å².